The molecular formula is C43H77N11O8. The molecule has 13 N–H and O–H groups in total. The Labute approximate surface area is 368 Å². The molecule has 0 aliphatic heterocycles. The van der Waals surface area contributed by atoms with Crippen LogP contribution in [0.3, 0.4) is 0 Å². The van der Waals surface area contributed by atoms with Crippen LogP contribution in [0.1, 0.15) is 111 Å². The van der Waals surface area contributed by atoms with Crippen molar-refractivity contribution in [2.75, 3.05) is 57.7 Å². The summed E-state index contributed by atoms with van der Waals surface area (Å²) in [5.41, 5.74) is 11.9. The van der Waals surface area contributed by atoms with Gasteiger partial charge in [-0.2, -0.15) is 0 Å². The molecule has 352 valence electrons. The molecule has 1 aromatic rings. The highest BCUT2D eigenvalue weighted by molar-refractivity contribution is 5.99. The summed E-state index contributed by atoms with van der Waals surface area (Å²) < 4.78 is 5.34. The standard InChI is InChI=1S/C43H77N11O8/c1-30(2)37(54-39(58)34(51-31(3)55)14-7-8-20-44)40(59)53-35(15-11-25-49-41(45)60)38(57)52-33-18-16-32(17-19-33)29-62-42(61)50-27-13-24-47-22-10-9-21-46-23-12-26-48-36(56)28-43(4,5)6/h16-19,30,34-35,37,46-47H,7-15,20-29,44H2,1-6H3,(H,48,56)(H,50,61)(H,51,55)(H,52,57)(H,53,59)(H,54,58)(H3,45,49,60)/t34-,35-,37-/m0/s1. The molecule has 0 aromatic heterocycles. The molecule has 1 aromatic carbocycles. The third-order valence-electron chi connectivity index (χ3n) is 9.38. The van der Waals surface area contributed by atoms with Gasteiger partial charge in [0.15, 0.2) is 0 Å². The maximum Gasteiger partial charge on any atom is 0.407 e. The fourth-order valence-electron chi connectivity index (χ4n) is 6.10. The molecule has 0 aliphatic carbocycles. The highest BCUT2D eigenvalue weighted by Gasteiger charge is 2.31. The number of hydrogen-bond donors (Lipinski definition) is 11. The number of unbranched alkanes of at least 4 members (excludes halogenated alkanes) is 2. The van der Waals surface area contributed by atoms with E-state index in [1.807, 2.05) is 0 Å². The second-order valence-corrected chi connectivity index (χ2v) is 17.0. The van der Waals surface area contributed by atoms with Gasteiger partial charge >= 0.3 is 12.1 Å². The van der Waals surface area contributed by atoms with Crippen LogP contribution in [0.5, 0.6) is 0 Å². The van der Waals surface area contributed by atoms with Crippen molar-refractivity contribution in [1.29, 1.82) is 0 Å². The number of ether oxygens (including phenoxy) is 1. The summed E-state index contributed by atoms with van der Waals surface area (Å²) in [6, 6.07) is 3.04. The summed E-state index contributed by atoms with van der Waals surface area (Å²) in [7, 11) is 0. The highest BCUT2D eigenvalue weighted by Crippen LogP contribution is 2.18. The molecule has 0 spiro atoms. The first-order valence-corrected chi connectivity index (χ1v) is 22.0. The van der Waals surface area contributed by atoms with Crippen LogP contribution in [0.15, 0.2) is 24.3 Å². The predicted molar refractivity (Wildman–Crippen MR) is 241 cm³/mol. The highest BCUT2D eigenvalue weighted by atomic mass is 16.5. The Kier molecular flexibility index (Phi) is 28.2. The molecule has 19 heteroatoms. The van der Waals surface area contributed by atoms with Crippen molar-refractivity contribution >= 4 is 47.3 Å². The van der Waals surface area contributed by atoms with Crippen LogP contribution < -0.4 is 59.3 Å². The number of anilines is 1. The lowest BCUT2D eigenvalue weighted by molar-refractivity contribution is -0.133. The number of alkyl carbamates (subject to hydrolysis) is 1. The van der Waals surface area contributed by atoms with Crippen molar-refractivity contribution < 1.29 is 38.3 Å². The summed E-state index contributed by atoms with van der Waals surface area (Å²) >= 11 is 0. The molecule has 0 aliphatic rings. The van der Waals surface area contributed by atoms with Gasteiger partial charge < -0.3 is 64.1 Å². The van der Waals surface area contributed by atoms with Crippen molar-refractivity contribution in [3.8, 4) is 0 Å². The van der Waals surface area contributed by atoms with E-state index < -0.39 is 48.0 Å². The summed E-state index contributed by atoms with van der Waals surface area (Å²) in [4.78, 5) is 87.4. The smallest absolute Gasteiger partial charge is 0.407 e. The quantitative estimate of drug-likeness (QED) is 0.0465. The zero-order chi connectivity index (χ0) is 46.3. The zero-order valence-electron chi connectivity index (χ0n) is 38.0. The molecule has 0 radical (unpaired) electrons. The van der Waals surface area contributed by atoms with Crippen LogP contribution in [-0.4, -0.2) is 112 Å². The number of benzene rings is 1. The number of amides is 8. The van der Waals surface area contributed by atoms with Gasteiger partial charge in [-0.05, 0) is 120 Å². The van der Waals surface area contributed by atoms with Crippen LogP contribution in [0, 0.1) is 11.3 Å². The predicted octanol–water partition coefficient (Wildman–Crippen LogP) is 1.85. The molecular weight excluding hydrogens is 799 g/mol. The Morgan fingerprint density at radius 2 is 1.21 bits per heavy atom. The van der Waals surface area contributed by atoms with E-state index in [-0.39, 0.29) is 42.7 Å². The van der Waals surface area contributed by atoms with Gasteiger partial charge in [0.05, 0.1) is 0 Å². The maximum atomic E-state index is 13.6. The second-order valence-electron chi connectivity index (χ2n) is 17.0. The van der Waals surface area contributed by atoms with E-state index in [0.717, 1.165) is 51.9 Å². The minimum atomic E-state index is -1.04. The SMILES string of the molecule is CC(=O)N[C@@H](CCCCN)C(=O)N[C@H](C(=O)N[C@@H](CCCNC(N)=O)C(=O)Nc1ccc(COC(=O)NCCCNCCCCNCCCNC(=O)CC(C)(C)C)cc1)C(C)C. The minimum Gasteiger partial charge on any atom is -0.445 e. The number of rotatable bonds is 32. The topological polar surface area (TPSA) is 289 Å². The summed E-state index contributed by atoms with van der Waals surface area (Å²) in [6.45, 7) is 16.1. The Balaban J connectivity index is 2.52. The number of primary amides is 1. The lowest BCUT2D eigenvalue weighted by Crippen LogP contribution is -2.57. The van der Waals surface area contributed by atoms with Crippen LogP contribution >= 0.6 is 0 Å². The molecule has 0 heterocycles. The summed E-state index contributed by atoms with van der Waals surface area (Å²) in [6.07, 6.45) is 5.75. The molecule has 8 amide bonds. The molecule has 0 fully saturated rings. The summed E-state index contributed by atoms with van der Waals surface area (Å²) in [5.74, 6) is -2.30. The number of carbonyl (C=O) groups excluding carboxylic acids is 7. The van der Waals surface area contributed by atoms with Gasteiger partial charge in [-0.15, -0.1) is 0 Å². The number of nitrogens with one attached hydrogen (secondary N) is 9. The fourth-order valence-corrected chi connectivity index (χ4v) is 6.10. The van der Waals surface area contributed by atoms with Gasteiger partial charge in [-0.3, -0.25) is 24.0 Å². The normalized spacial score (nSPS) is 12.6. The fraction of sp³-hybridized carbons (Fsp3) is 0.698. The summed E-state index contributed by atoms with van der Waals surface area (Å²) in [5, 5.41) is 25.9. The molecule has 0 saturated heterocycles. The Morgan fingerprint density at radius 1 is 0.645 bits per heavy atom. The first kappa shape index (κ1) is 55.0. The average Bonchev–Trinajstić information content (AvgIpc) is 3.19. The van der Waals surface area contributed by atoms with Crippen LogP contribution in [0.4, 0.5) is 15.3 Å². The molecule has 1 rings (SSSR count). The second kappa shape index (κ2) is 31.8. The van der Waals surface area contributed by atoms with Gasteiger partial charge in [0.25, 0.3) is 0 Å². The van der Waals surface area contributed by atoms with E-state index in [2.05, 4.69) is 68.6 Å². The van der Waals surface area contributed by atoms with Crippen molar-refractivity contribution in [2.45, 2.75) is 130 Å². The van der Waals surface area contributed by atoms with E-state index in [1.165, 1.54) is 6.92 Å². The molecule has 19 nitrogen and oxygen atoms in total. The number of urea groups is 1. The first-order chi connectivity index (χ1) is 29.4. The molecule has 3 atom stereocenters. The molecule has 0 unspecified atom stereocenters. The van der Waals surface area contributed by atoms with Crippen LogP contribution in [0.25, 0.3) is 0 Å². The largest absolute Gasteiger partial charge is 0.445 e. The van der Waals surface area contributed by atoms with Gasteiger partial charge in [-0.25, -0.2) is 9.59 Å². The van der Waals surface area contributed by atoms with Gasteiger partial charge in [0, 0.05) is 38.7 Å². The van der Waals surface area contributed by atoms with Gasteiger partial charge in [-0.1, -0.05) is 46.8 Å². The zero-order valence-corrected chi connectivity index (χ0v) is 38.0. The molecule has 0 saturated carbocycles. The van der Waals surface area contributed by atoms with Crippen LogP contribution in [0.2, 0.25) is 0 Å². The van der Waals surface area contributed by atoms with E-state index in [9.17, 15) is 33.6 Å². The van der Waals surface area contributed by atoms with E-state index >= 15 is 0 Å². The van der Waals surface area contributed by atoms with Crippen molar-refractivity contribution in [3.05, 3.63) is 29.8 Å². The lowest BCUT2D eigenvalue weighted by atomic mass is 9.92. The van der Waals surface area contributed by atoms with Crippen LogP contribution in [-0.2, 0) is 35.3 Å². The number of nitrogens with two attached hydrogens (primary N) is 2. The number of carbonyl (C=O) groups is 7. The number of hydrogen-bond acceptors (Lipinski definition) is 11. The van der Waals surface area contributed by atoms with E-state index in [4.69, 9.17) is 16.2 Å². The van der Waals surface area contributed by atoms with Gasteiger partial charge in [0.2, 0.25) is 29.5 Å². The third-order valence-corrected chi connectivity index (χ3v) is 9.38. The van der Waals surface area contributed by atoms with E-state index in [1.54, 1.807) is 38.1 Å². The first-order valence-electron chi connectivity index (χ1n) is 22.0. The monoisotopic (exact) mass is 876 g/mol. The van der Waals surface area contributed by atoms with Crippen molar-refractivity contribution in [3.63, 3.8) is 0 Å². The van der Waals surface area contributed by atoms with E-state index in [0.29, 0.717) is 63.0 Å². The van der Waals surface area contributed by atoms with Crippen molar-refractivity contribution in [1.82, 2.24) is 42.5 Å². The lowest BCUT2D eigenvalue weighted by Gasteiger charge is -2.27. The van der Waals surface area contributed by atoms with Crippen molar-refractivity contribution in [2.24, 2.45) is 22.8 Å². The Morgan fingerprint density at radius 3 is 1.77 bits per heavy atom. The molecule has 62 heavy (non-hydrogen) atoms. The Hall–Kier alpha value is -5.01. The maximum absolute atomic E-state index is 13.6. The average molecular weight is 876 g/mol. The third kappa shape index (κ3) is 27.8. The van der Waals surface area contributed by atoms with Gasteiger partial charge in [0.1, 0.15) is 24.7 Å². The minimum absolute atomic E-state index is 0.00387. The molecule has 0 bridgehead atoms. The Bertz CT molecular complexity index is 1510.